The van der Waals surface area contributed by atoms with Crippen LogP contribution in [0.5, 0.6) is 0 Å². The SMILES string of the molecule is CN1CCN(CCCN2c3ccccc3Nc3ccccc32)CC1. The summed E-state index contributed by atoms with van der Waals surface area (Å²) in [6.07, 6.45) is 1.19. The van der Waals surface area contributed by atoms with Gasteiger partial charge in [-0.05, 0) is 44.3 Å². The lowest BCUT2D eigenvalue weighted by atomic mass is 10.1. The summed E-state index contributed by atoms with van der Waals surface area (Å²) < 4.78 is 0. The van der Waals surface area contributed by atoms with Gasteiger partial charge in [0.15, 0.2) is 0 Å². The fourth-order valence-electron chi connectivity index (χ4n) is 3.67. The summed E-state index contributed by atoms with van der Waals surface area (Å²) in [7, 11) is 2.21. The summed E-state index contributed by atoms with van der Waals surface area (Å²) in [6, 6.07) is 17.2. The van der Waals surface area contributed by atoms with Gasteiger partial charge in [0.05, 0.1) is 22.7 Å². The van der Waals surface area contributed by atoms with E-state index in [0.717, 1.165) is 6.54 Å². The zero-order valence-electron chi connectivity index (χ0n) is 14.4. The van der Waals surface area contributed by atoms with E-state index in [0.29, 0.717) is 0 Å². The number of rotatable bonds is 4. The first-order chi connectivity index (χ1) is 11.8. The van der Waals surface area contributed by atoms with Crippen LogP contribution in [0.15, 0.2) is 48.5 Å². The Morgan fingerprint density at radius 3 is 2.00 bits per heavy atom. The van der Waals surface area contributed by atoms with Crippen molar-refractivity contribution in [2.45, 2.75) is 6.42 Å². The first kappa shape index (κ1) is 15.5. The van der Waals surface area contributed by atoms with Crippen LogP contribution in [0.1, 0.15) is 6.42 Å². The highest BCUT2D eigenvalue weighted by molar-refractivity contribution is 5.91. The summed E-state index contributed by atoms with van der Waals surface area (Å²) >= 11 is 0. The Balaban J connectivity index is 1.46. The quantitative estimate of drug-likeness (QED) is 0.929. The Morgan fingerprint density at radius 2 is 1.38 bits per heavy atom. The Kier molecular flexibility index (Phi) is 4.41. The molecule has 126 valence electrons. The van der Waals surface area contributed by atoms with Gasteiger partial charge in [0.25, 0.3) is 0 Å². The highest BCUT2D eigenvalue weighted by atomic mass is 15.2. The van der Waals surface area contributed by atoms with E-state index in [1.165, 1.54) is 61.9 Å². The van der Waals surface area contributed by atoms with Crippen molar-refractivity contribution in [1.82, 2.24) is 9.80 Å². The Hall–Kier alpha value is -2.04. The monoisotopic (exact) mass is 322 g/mol. The van der Waals surface area contributed by atoms with E-state index in [1.807, 2.05) is 0 Å². The van der Waals surface area contributed by atoms with Crippen LogP contribution in [-0.2, 0) is 0 Å². The van der Waals surface area contributed by atoms with Crippen molar-refractivity contribution >= 4 is 22.7 Å². The molecule has 4 nitrogen and oxygen atoms in total. The Bertz CT molecular complexity index is 646. The fraction of sp³-hybridized carbons (Fsp3) is 0.400. The second-order valence-electron chi connectivity index (χ2n) is 6.81. The maximum Gasteiger partial charge on any atom is 0.0650 e. The minimum Gasteiger partial charge on any atom is -0.352 e. The number of hydrogen-bond acceptors (Lipinski definition) is 4. The normalized spacial score (nSPS) is 18.0. The van der Waals surface area contributed by atoms with E-state index in [4.69, 9.17) is 0 Å². The smallest absolute Gasteiger partial charge is 0.0650 e. The molecule has 0 saturated carbocycles. The van der Waals surface area contributed by atoms with Crippen LogP contribution >= 0.6 is 0 Å². The van der Waals surface area contributed by atoms with E-state index in [-0.39, 0.29) is 0 Å². The molecule has 0 aromatic heterocycles. The van der Waals surface area contributed by atoms with Crippen LogP contribution in [0.3, 0.4) is 0 Å². The van der Waals surface area contributed by atoms with Gasteiger partial charge in [-0.2, -0.15) is 0 Å². The molecule has 2 aliphatic rings. The third-order valence-electron chi connectivity index (χ3n) is 5.11. The molecule has 0 radical (unpaired) electrons. The molecule has 4 rings (SSSR count). The molecule has 2 aromatic rings. The number of hydrogen-bond donors (Lipinski definition) is 1. The van der Waals surface area contributed by atoms with Crippen molar-refractivity contribution in [2.75, 3.05) is 56.5 Å². The first-order valence-corrected chi connectivity index (χ1v) is 8.95. The molecule has 2 aromatic carbocycles. The van der Waals surface area contributed by atoms with Crippen LogP contribution < -0.4 is 10.2 Å². The Labute approximate surface area is 144 Å². The summed E-state index contributed by atoms with van der Waals surface area (Å²) in [5.41, 5.74) is 4.98. The van der Waals surface area contributed by atoms with E-state index in [1.54, 1.807) is 0 Å². The zero-order valence-corrected chi connectivity index (χ0v) is 14.4. The number of nitrogens with one attached hydrogen (secondary N) is 1. The van der Waals surface area contributed by atoms with Gasteiger partial charge in [0.1, 0.15) is 0 Å². The van der Waals surface area contributed by atoms with Gasteiger partial charge in [0.2, 0.25) is 0 Å². The number of piperazine rings is 1. The number of nitrogens with zero attached hydrogens (tertiary/aromatic N) is 3. The lowest BCUT2D eigenvalue weighted by Gasteiger charge is -2.35. The molecule has 2 heterocycles. The lowest BCUT2D eigenvalue weighted by Crippen LogP contribution is -2.45. The molecule has 4 heteroatoms. The van der Waals surface area contributed by atoms with Crippen molar-refractivity contribution in [3.05, 3.63) is 48.5 Å². The molecule has 0 spiro atoms. The van der Waals surface area contributed by atoms with E-state index in [9.17, 15) is 0 Å². The molecule has 0 bridgehead atoms. The van der Waals surface area contributed by atoms with Gasteiger partial charge in [-0.1, -0.05) is 24.3 Å². The van der Waals surface area contributed by atoms with Crippen molar-refractivity contribution < 1.29 is 0 Å². The van der Waals surface area contributed by atoms with E-state index >= 15 is 0 Å². The van der Waals surface area contributed by atoms with E-state index in [2.05, 4.69) is 75.6 Å². The summed E-state index contributed by atoms with van der Waals surface area (Å²) in [5.74, 6) is 0. The van der Waals surface area contributed by atoms with Gasteiger partial charge in [-0.25, -0.2) is 0 Å². The highest BCUT2D eigenvalue weighted by Crippen LogP contribution is 2.43. The molecule has 0 unspecified atom stereocenters. The second kappa shape index (κ2) is 6.83. The topological polar surface area (TPSA) is 21.8 Å². The van der Waals surface area contributed by atoms with Gasteiger partial charge in [-0.3, -0.25) is 0 Å². The average Bonchev–Trinajstić information content (AvgIpc) is 2.63. The predicted octanol–water partition coefficient (Wildman–Crippen LogP) is 3.52. The molecule has 1 fully saturated rings. The summed E-state index contributed by atoms with van der Waals surface area (Å²) in [4.78, 5) is 7.48. The van der Waals surface area contributed by atoms with Crippen LogP contribution in [0.25, 0.3) is 0 Å². The van der Waals surface area contributed by atoms with E-state index < -0.39 is 0 Å². The van der Waals surface area contributed by atoms with Crippen LogP contribution in [0.2, 0.25) is 0 Å². The fourth-order valence-corrected chi connectivity index (χ4v) is 3.67. The van der Waals surface area contributed by atoms with Crippen molar-refractivity contribution in [2.24, 2.45) is 0 Å². The minimum atomic E-state index is 1.06. The van der Waals surface area contributed by atoms with Gasteiger partial charge in [-0.15, -0.1) is 0 Å². The average molecular weight is 322 g/mol. The van der Waals surface area contributed by atoms with Gasteiger partial charge >= 0.3 is 0 Å². The highest BCUT2D eigenvalue weighted by Gasteiger charge is 2.21. The molecule has 0 amide bonds. The van der Waals surface area contributed by atoms with Gasteiger partial charge in [0, 0.05) is 32.7 Å². The molecule has 0 aliphatic carbocycles. The number of likely N-dealkylation sites (N-methyl/N-ethyl adjacent to an activating group) is 1. The van der Waals surface area contributed by atoms with Gasteiger partial charge < -0.3 is 20.0 Å². The molecule has 2 aliphatic heterocycles. The van der Waals surface area contributed by atoms with Crippen LogP contribution in [0.4, 0.5) is 22.7 Å². The molecular formula is C20H26N4. The van der Waals surface area contributed by atoms with Crippen molar-refractivity contribution in [3.8, 4) is 0 Å². The number of para-hydroxylation sites is 4. The van der Waals surface area contributed by atoms with Crippen LogP contribution in [0, 0.1) is 0 Å². The molecular weight excluding hydrogens is 296 g/mol. The summed E-state index contributed by atoms with van der Waals surface area (Å²) in [6.45, 7) is 7.03. The lowest BCUT2D eigenvalue weighted by molar-refractivity contribution is 0.153. The number of fused-ring (bicyclic) bond motifs is 2. The number of benzene rings is 2. The third-order valence-corrected chi connectivity index (χ3v) is 5.11. The molecule has 0 atom stereocenters. The van der Waals surface area contributed by atoms with Crippen molar-refractivity contribution in [1.29, 1.82) is 0 Å². The number of anilines is 4. The standard InChI is InChI=1S/C20H26N4/c1-22-13-15-23(16-14-22)11-6-12-24-19-9-4-2-7-17(19)21-18-8-3-5-10-20(18)24/h2-5,7-10,21H,6,11-16H2,1H3. The molecule has 1 saturated heterocycles. The Morgan fingerprint density at radius 1 is 0.792 bits per heavy atom. The third kappa shape index (κ3) is 3.12. The first-order valence-electron chi connectivity index (χ1n) is 8.95. The van der Waals surface area contributed by atoms with Crippen LogP contribution in [-0.4, -0.2) is 56.1 Å². The molecule has 1 N–H and O–H groups in total. The largest absolute Gasteiger partial charge is 0.352 e. The van der Waals surface area contributed by atoms with Crippen molar-refractivity contribution in [3.63, 3.8) is 0 Å². The predicted molar refractivity (Wildman–Crippen MR) is 102 cm³/mol. The zero-order chi connectivity index (χ0) is 16.4. The second-order valence-corrected chi connectivity index (χ2v) is 6.81. The molecule has 24 heavy (non-hydrogen) atoms. The maximum atomic E-state index is 3.56. The minimum absolute atomic E-state index is 1.06. The summed E-state index contributed by atoms with van der Waals surface area (Å²) in [5, 5.41) is 3.56. The maximum absolute atomic E-state index is 3.56.